The summed E-state index contributed by atoms with van der Waals surface area (Å²) in [5.74, 6) is -0.500. The van der Waals surface area contributed by atoms with Gasteiger partial charge in [0.15, 0.2) is 0 Å². The van der Waals surface area contributed by atoms with Crippen molar-refractivity contribution >= 4 is 25.4 Å². The van der Waals surface area contributed by atoms with E-state index in [2.05, 4.69) is 56.9 Å². The van der Waals surface area contributed by atoms with E-state index < -0.39 is 18.3 Å². The van der Waals surface area contributed by atoms with E-state index in [0.717, 1.165) is 45.3 Å². The molecule has 1 unspecified atom stereocenters. The molecule has 7 heteroatoms. The van der Waals surface area contributed by atoms with Gasteiger partial charge >= 0.3 is 7.12 Å². The molecule has 0 aliphatic carbocycles. The average molecular weight is 451 g/mol. The van der Waals surface area contributed by atoms with Gasteiger partial charge in [-0.25, -0.2) is 0 Å². The normalized spacial score (nSPS) is 22.1. The summed E-state index contributed by atoms with van der Waals surface area (Å²) in [6, 6.07) is 10.5. The first-order valence-corrected chi connectivity index (χ1v) is 11.6. The molecule has 3 rings (SSSR count). The smallest absolute Gasteiger partial charge is 0.403 e. The van der Waals surface area contributed by atoms with Gasteiger partial charge in [-0.05, 0) is 85.0 Å². The maximum Gasteiger partial charge on any atom is 0.461 e. The first kappa shape index (κ1) is 26.2. The topological polar surface area (TPSA) is 64.8 Å². The average Bonchev–Trinajstić information content (AvgIpc) is 3.26. The highest BCUT2D eigenvalue weighted by Crippen LogP contribution is 2.44. The molecule has 0 radical (unpaired) electrons. The Hall–Kier alpha value is -1.08. The van der Waals surface area contributed by atoms with E-state index in [1.807, 2.05) is 6.07 Å². The van der Waals surface area contributed by atoms with E-state index in [9.17, 15) is 4.79 Å². The van der Waals surface area contributed by atoms with Gasteiger partial charge in [0.1, 0.15) is 0 Å². The summed E-state index contributed by atoms with van der Waals surface area (Å²) in [4.78, 5) is 15.0. The van der Waals surface area contributed by atoms with Crippen LogP contribution in [0.5, 0.6) is 0 Å². The van der Waals surface area contributed by atoms with Gasteiger partial charge in [0.2, 0.25) is 5.91 Å². The monoisotopic (exact) mass is 450 g/mol. The largest absolute Gasteiger partial charge is 0.461 e. The second-order valence-electron chi connectivity index (χ2n) is 10.0. The van der Waals surface area contributed by atoms with E-state index in [1.165, 1.54) is 18.4 Å². The van der Waals surface area contributed by atoms with Crippen LogP contribution in [0.15, 0.2) is 30.3 Å². The molecule has 2 heterocycles. The predicted molar refractivity (Wildman–Crippen MR) is 129 cm³/mol. The number of nitrogens with zero attached hydrogens (tertiary/aromatic N) is 1. The Kier molecular flexibility index (Phi) is 9.44. The highest BCUT2D eigenvalue weighted by molar-refractivity contribution is 6.48. The van der Waals surface area contributed by atoms with Gasteiger partial charge in [0, 0.05) is 11.7 Å². The summed E-state index contributed by atoms with van der Waals surface area (Å²) < 4.78 is 12.8. The van der Waals surface area contributed by atoms with E-state index in [0.29, 0.717) is 0 Å². The van der Waals surface area contributed by atoms with Gasteiger partial charge < -0.3 is 19.9 Å². The van der Waals surface area contributed by atoms with Crippen molar-refractivity contribution in [2.45, 2.75) is 83.2 Å². The molecule has 2 aliphatic heterocycles. The Morgan fingerprint density at radius 3 is 2.19 bits per heavy atom. The fourth-order valence-electron chi connectivity index (χ4n) is 4.67. The van der Waals surface area contributed by atoms with Crippen LogP contribution < -0.4 is 5.73 Å². The Balaban J connectivity index is 0.00000341. The van der Waals surface area contributed by atoms with Crippen LogP contribution in [0.3, 0.4) is 0 Å². The highest BCUT2D eigenvalue weighted by atomic mass is 35.5. The van der Waals surface area contributed by atoms with Gasteiger partial charge in [-0.2, -0.15) is 0 Å². The van der Waals surface area contributed by atoms with E-state index in [-0.39, 0.29) is 30.0 Å². The quantitative estimate of drug-likeness (QED) is 0.534. The van der Waals surface area contributed by atoms with Crippen LogP contribution in [-0.4, -0.2) is 48.8 Å². The number of primary amides is 1. The Morgan fingerprint density at radius 2 is 1.65 bits per heavy atom. The number of benzene rings is 1. The summed E-state index contributed by atoms with van der Waals surface area (Å²) in [6.45, 7) is 11.4. The lowest BCUT2D eigenvalue weighted by Crippen LogP contribution is -2.41. The molecule has 174 valence electrons. The number of rotatable bonds is 10. The third-order valence-corrected chi connectivity index (χ3v) is 7.30. The molecule has 1 aromatic rings. The highest BCUT2D eigenvalue weighted by Gasteiger charge is 2.55. The van der Waals surface area contributed by atoms with Crippen LogP contribution in [0.2, 0.25) is 5.82 Å². The molecule has 2 fully saturated rings. The number of aryl methyl sites for hydroxylation is 1. The lowest BCUT2D eigenvalue weighted by molar-refractivity contribution is -0.122. The van der Waals surface area contributed by atoms with Crippen molar-refractivity contribution < 1.29 is 14.1 Å². The zero-order valence-electron chi connectivity index (χ0n) is 19.6. The third kappa shape index (κ3) is 6.70. The minimum absolute atomic E-state index is 0. The second kappa shape index (κ2) is 11.2. The van der Waals surface area contributed by atoms with Gasteiger partial charge in [0.05, 0.1) is 11.2 Å². The van der Waals surface area contributed by atoms with Crippen LogP contribution in [0.1, 0.15) is 65.4 Å². The molecule has 0 aromatic heterocycles. The number of hydrogen-bond donors (Lipinski definition) is 1. The molecule has 2 atom stereocenters. The van der Waals surface area contributed by atoms with Crippen LogP contribution in [0.25, 0.3) is 0 Å². The Bertz CT molecular complexity index is 679. The number of nitrogens with two attached hydrogens (primary N) is 1. The number of halogens is 1. The molecule has 2 aliphatic rings. The fourth-order valence-corrected chi connectivity index (χ4v) is 4.67. The maximum atomic E-state index is 12.6. The molecule has 1 aromatic carbocycles. The van der Waals surface area contributed by atoms with Crippen molar-refractivity contribution in [1.29, 1.82) is 0 Å². The van der Waals surface area contributed by atoms with Crippen LogP contribution in [0.4, 0.5) is 0 Å². The van der Waals surface area contributed by atoms with Crippen LogP contribution in [0, 0.1) is 5.92 Å². The first-order chi connectivity index (χ1) is 14.2. The zero-order chi connectivity index (χ0) is 21.8. The zero-order valence-corrected chi connectivity index (χ0v) is 20.5. The minimum Gasteiger partial charge on any atom is -0.403 e. The van der Waals surface area contributed by atoms with Gasteiger partial charge in [-0.15, -0.1) is 12.4 Å². The molecule has 1 amide bonds. The van der Waals surface area contributed by atoms with Gasteiger partial charge in [0.25, 0.3) is 0 Å². The first-order valence-electron chi connectivity index (χ1n) is 11.6. The molecule has 2 saturated heterocycles. The molecule has 31 heavy (non-hydrogen) atoms. The minimum atomic E-state index is -0.410. The Morgan fingerprint density at radius 1 is 1.06 bits per heavy atom. The summed E-state index contributed by atoms with van der Waals surface area (Å²) in [6.07, 6.45) is 6.09. The van der Waals surface area contributed by atoms with Gasteiger partial charge in [-0.3, -0.25) is 4.79 Å². The standard InChI is InChI=1S/C24H39BN2O3.ClH/c1-23(2)24(3,4)30-25(29-23)21(14-10-13-19-11-6-5-7-12-19)20(22(26)28)15-18-27-16-8-9-17-27;/h5-7,11-12,20-21H,8-10,13-18H2,1-4H3,(H2,26,28);1H/t20?,21-;/m1./s1. The van der Waals surface area contributed by atoms with Crippen molar-refractivity contribution in [3.8, 4) is 0 Å². The van der Waals surface area contributed by atoms with Crippen molar-refractivity contribution in [3.63, 3.8) is 0 Å². The lowest BCUT2D eigenvalue weighted by Gasteiger charge is -2.32. The predicted octanol–water partition coefficient (Wildman–Crippen LogP) is 4.48. The fraction of sp³-hybridized carbons (Fsp3) is 0.708. The second-order valence-corrected chi connectivity index (χ2v) is 10.0. The third-order valence-electron chi connectivity index (χ3n) is 7.30. The molecular weight excluding hydrogens is 411 g/mol. The molecular formula is C24H40BClN2O3. The summed E-state index contributed by atoms with van der Waals surface area (Å²) in [5, 5.41) is 0. The molecule has 0 saturated carbocycles. The number of amides is 1. The van der Waals surface area contributed by atoms with E-state index in [1.54, 1.807) is 0 Å². The molecule has 2 N–H and O–H groups in total. The number of hydrogen-bond acceptors (Lipinski definition) is 4. The van der Waals surface area contributed by atoms with Gasteiger partial charge in [-0.1, -0.05) is 36.8 Å². The summed E-state index contributed by atoms with van der Waals surface area (Å²) >= 11 is 0. The van der Waals surface area contributed by atoms with Crippen molar-refractivity contribution in [2.24, 2.45) is 11.7 Å². The van der Waals surface area contributed by atoms with E-state index >= 15 is 0 Å². The van der Waals surface area contributed by atoms with Crippen LogP contribution >= 0.6 is 12.4 Å². The SMILES string of the molecule is CC1(C)OB([C@H](CCCc2ccccc2)C(CCN2CCCC2)C(N)=O)OC1(C)C.Cl. The van der Waals surface area contributed by atoms with Crippen LogP contribution in [-0.2, 0) is 20.5 Å². The molecule has 0 bridgehead atoms. The van der Waals surface area contributed by atoms with Crippen molar-refractivity contribution in [2.75, 3.05) is 19.6 Å². The number of carbonyl (C=O) groups excluding carboxylic acids is 1. The van der Waals surface area contributed by atoms with E-state index in [4.69, 9.17) is 15.0 Å². The summed E-state index contributed by atoms with van der Waals surface area (Å²) in [7, 11) is -0.401. The lowest BCUT2D eigenvalue weighted by atomic mass is 9.61. The van der Waals surface area contributed by atoms with Crippen molar-refractivity contribution in [1.82, 2.24) is 4.90 Å². The molecule has 0 spiro atoms. The molecule has 5 nitrogen and oxygen atoms in total. The summed E-state index contributed by atoms with van der Waals surface area (Å²) in [5.41, 5.74) is 6.44. The number of likely N-dealkylation sites (tertiary alicyclic amines) is 1. The maximum absolute atomic E-state index is 12.6. The van der Waals surface area contributed by atoms with Crippen molar-refractivity contribution in [3.05, 3.63) is 35.9 Å². The Labute approximate surface area is 195 Å². The number of carbonyl (C=O) groups is 1.